The van der Waals surface area contributed by atoms with E-state index in [9.17, 15) is 9.90 Å². The smallest absolute Gasteiger partial charge is 0.337 e. The molecular formula is C20H27NO2. The van der Waals surface area contributed by atoms with E-state index in [2.05, 4.69) is 25.2 Å². The summed E-state index contributed by atoms with van der Waals surface area (Å²) < 4.78 is 0. The molecule has 1 heterocycles. The summed E-state index contributed by atoms with van der Waals surface area (Å²) in [4.78, 5) is 11.7. The Morgan fingerprint density at radius 3 is 2.70 bits per heavy atom. The summed E-state index contributed by atoms with van der Waals surface area (Å²) in [6.45, 7) is 4.55. The number of hydrogen-bond donors (Lipinski definition) is 2. The van der Waals surface area contributed by atoms with Gasteiger partial charge < -0.3 is 10.4 Å². The van der Waals surface area contributed by atoms with Gasteiger partial charge in [-0.1, -0.05) is 38.8 Å². The molecule has 1 aromatic carbocycles. The Kier molecular flexibility index (Phi) is 3.62. The highest BCUT2D eigenvalue weighted by Crippen LogP contribution is 2.62. The van der Waals surface area contributed by atoms with Gasteiger partial charge in [0.15, 0.2) is 0 Å². The third-order valence-electron chi connectivity index (χ3n) is 6.95. The first-order valence-electron chi connectivity index (χ1n) is 9.28. The van der Waals surface area contributed by atoms with Gasteiger partial charge in [0.1, 0.15) is 0 Å². The summed E-state index contributed by atoms with van der Waals surface area (Å²) in [5, 5.41) is 13.3. The molecule has 0 spiro atoms. The lowest BCUT2D eigenvalue weighted by atomic mass is 9.65. The largest absolute Gasteiger partial charge is 0.478 e. The van der Waals surface area contributed by atoms with Crippen molar-refractivity contribution in [2.45, 2.75) is 57.9 Å². The molecule has 2 bridgehead atoms. The summed E-state index contributed by atoms with van der Waals surface area (Å²) in [5.74, 6) is 2.72. The molecule has 0 amide bonds. The number of fused-ring (bicyclic) bond motifs is 7. The molecule has 1 aromatic rings. The van der Waals surface area contributed by atoms with E-state index < -0.39 is 5.97 Å². The maximum atomic E-state index is 11.7. The van der Waals surface area contributed by atoms with Gasteiger partial charge in [-0.25, -0.2) is 4.79 Å². The van der Waals surface area contributed by atoms with Crippen LogP contribution in [0.15, 0.2) is 18.2 Å². The predicted molar refractivity (Wildman–Crippen MR) is 91.9 cm³/mol. The van der Waals surface area contributed by atoms with Gasteiger partial charge in [-0.2, -0.15) is 0 Å². The highest BCUT2D eigenvalue weighted by molar-refractivity contribution is 5.95. The van der Waals surface area contributed by atoms with Crippen LogP contribution in [0, 0.1) is 23.7 Å². The van der Waals surface area contributed by atoms with Crippen LogP contribution >= 0.6 is 0 Å². The molecule has 3 heteroatoms. The molecule has 3 nitrogen and oxygen atoms in total. The monoisotopic (exact) mass is 313 g/mol. The number of anilines is 1. The van der Waals surface area contributed by atoms with E-state index in [0.717, 1.165) is 17.5 Å². The van der Waals surface area contributed by atoms with E-state index in [0.29, 0.717) is 29.4 Å². The number of aromatic carboxylic acids is 1. The molecule has 2 aliphatic carbocycles. The van der Waals surface area contributed by atoms with Crippen molar-refractivity contribution in [2.24, 2.45) is 23.7 Å². The maximum Gasteiger partial charge on any atom is 0.337 e. The minimum Gasteiger partial charge on any atom is -0.478 e. The zero-order valence-electron chi connectivity index (χ0n) is 14.1. The van der Waals surface area contributed by atoms with Crippen molar-refractivity contribution < 1.29 is 9.90 Å². The van der Waals surface area contributed by atoms with E-state index in [-0.39, 0.29) is 0 Å². The number of benzene rings is 1. The average Bonchev–Trinajstić information content (AvgIpc) is 3.17. The Morgan fingerprint density at radius 2 is 2.00 bits per heavy atom. The molecule has 2 saturated carbocycles. The Hall–Kier alpha value is -1.51. The Morgan fingerprint density at radius 1 is 1.26 bits per heavy atom. The fourth-order valence-electron chi connectivity index (χ4n) is 5.99. The molecule has 23 heavy (non-hydrogen) atoms. The Bertz CT molecular complexity index is 622. The predicted octanol–water partition coefficient (Wildman–Crippen LogP) is 4.74. The molecule has 1 aliphatic heterocycles. The zero-order valence-corrected chi connectivity index (χ0v) is 14.1. The molecule has 2 N–H and O–H groups in total. The molecular weight excluding hydrogens is 286 g/mol. The van der Waals surface area contributed by atoms with Crippen molar-refractivity contribution in [2.75, 3.05) is 5.32 Å². The molecule has 5 atom stereocenters. The number of carboxylic acids is 1. The van der Waals surface area contributed by atoms with Crippen LogP contribution in [0.25, 0.3) is 0 Å². The van der Waals surface area contributed by atoms with Crippen LogP contribution in [0.3, 0.4) is 0 Å². The zero-order chi connectivity index (χ0) is 16.1. The first-order chi connectivity index (χ1) is 11.2. The van der Waals surface area contributed by atoms with Gasteiger partial charge in [0, 0.05) is 6.04 Å². The number of rotatable bonds is 4. The lowest BCUT2D eigenvalue weighted by Gasteiger charge is -2.46. The topological polar surface area (TPSA) is 49.3 Å². The standard InChI is InChI=1S/C20H27NO2/c1-3-11(4-2)18-17-13-9-8-12(10-13)16(17)14-6-5-7-15(20(22)23)19(14)21-18/h5-7,11-13,16-18,21H,3-4,8-10H2,1-2H3,(H,22,23)/t12-,13+,16+,17-,18-/m0/s1. The van der Waals surface area contributed by atoms with Crippen molar-refractivity contribution in [1.82, 2.24) is 0 Å². The minimum absolute atomic E-state index is 0.443. The quantitative estimate of drug-likeness (QED) is 0.843. The maximum absolute atomic E-state index is 11.7. The van der Waals surface area contributed by atoms with Gasteiger partial charge in [0.2, 0.25) is 0 Å². The molecule has 0 unspecified atom stereocenters. The fourth-order valence-corrected chi connectivity index (χ4v) is 5.99. The number of para-hydroxylation sites is 1. The van der Waals surface area contributed by atoms with Crippen LogP contribution in [0.5, 0.6) is 0 Å². The van der Waals surface area contributed by atoms with Gasteiger partial charge in [-0.05, 0) is 60.5 Å². The second-order valence-electron chi connectivity index (χ2n) is 7.76. The van der Waals surface area contributed by atoms with Crippen molar-refractivity contribution in [1.29, 1.82) is 0 Å². The first-order valence-corrected chi connectivity index (χ1v) is 9.28. The SMILES string of the molecule is CCC(CC)[C@@H]1Nc2c(C(=O)O)cccc2[C@H]2[C@H]3CC[C@H](C3)[C@@H]21. The van der Waals surface area contributed by atoms with Gasteiger partial charge in [0.05, 0.1) is 11.3 Å². The fraction of sp³-hybridized carbons (Fsp3) is 0.650. The average molecular weight is 313 g/mol. The summed E-state index contributed by atoms with van der Waals surface area (Å²) in [5.41, 5.74) is 2.66. The molecule has 0 saturated heterocycles. The first kappa shape index (κ1) is 15.0. The number of hydrogen-bond acceptors (Lipinski definition) is 2. The summed E-state index contributed by atoms with van der Waals surface area (Å²) in [6.07, 6.45) is 6.39. The summed E-state index contributed by atoms with van der Waals surface area (Å²) >= 11 is 0. The van der Waals surface area contributed by atoms with Gasteiger partial charge in [0.25, 0.3) is 0 Å². The van der Waals surface area contributed by atoms with Gasteiger partial charge >= 0.3 is 5.97 Å². The summed E-state index contributed by atoms with van der Waals surface area (Å²) in [6, 6.07) is 6.31. The van der Waals surface area contributed by atoms with E-state index in [1.807, 2.05) is 6.07 Å². The van der Waals surface area contributed by atoms with Crippen LogP contribution in [0.1, 0.15) is 67.8 Å². The Labute approximate surface area is 138 Å². The van der Waals surface area contributed by atoms with Crippen LogP contribution in [-0.4, -0.2) is 17.1 Å². The van der Waals surface area contributed by atoms with Crippen molar-refractivity contribution in [3.63, 3.8) is 0 Å². The van der Waals surface area contributed by atoms with E-state index in [4.69, 9.17) is 0 Å². The van der Waals surface area contributed by atoms with E-state index >= 15 is 0 Å². The minimum atomic E-state index is -0.806. The lowest BCUT2D eigenvalue weighted by Crippen LogP contribution is -2.45. The van der Waals surface area contributed by atoms with E-state index in [1.54, 1.807) is 6.07 Å². The number of nitrogens with one attached hydrogen (secondary N) is 1. The van der Waals surface area contributed by atoms with Crippen molar-refractivity contribution >= 4 is 11.7 Å². The number of carboxylic acid groups (broad SMARTS) is 1. The molecule has 0 aromatic heterocycles. The highest BCUT2D eigenvalue weighted by Gasteiger charge is 2.54. The van der Waals surface area contributed by atoms with Crippen LogP contribution < -0.4 is 5.32 Å². The van der Waals surface area contributed by atoms with Crippen LogP contribution in [0.4, 0.5) is 5.69 Å². The molecule has 0 radical (unpaired) electrons. The molecule has 2 fully saturated rings. The third kappa shape index (κ3) is 2.12. The van der Waals surface area contributed by atoms with Crippen molar-refractivity contribution in [3.05, 3.63) is 29.3 Å². The summed E-state index contributed by atoms with van der Waals surface area (Å²) in [7, 11) is 0. The second-order valence-corrected chi connectivity index (χ2v) is 7.76. The normalized spacial score (nSPS) is 34.1. The van der Waals surface area contributed by atoms with Crippen LogP contribution in [0.2, 0.25) is 0 Å². The second kappa shape index (κ2) is 5.54. The Balaban J connectivity index is 1.83. The van der Waals surface area contributed by atoms with E-state index in [1.165, 1.54) is 37.7 Å². The van der Waals surface area contributed by atoms with Crippen LogP contribution in [-0.2, 0) is 0 Å². The van der Waals surface area contributed by atoms with Gasteiger partial charge in [-0.3, -0.25) is 0 Å². The molecule has 3 aliphatic rings. The highest BCUT2D eigenvalue weighted by atomic mass is 16.4. The third-order valence-corrected chi connectivity index (χ3v) is 6.95. The molecule has 124 valence electrons. The number of carbonyl (C=O) groups is 1. The lowest BCUT2D eigenvalue weighted by molar-refractivity contribution is 0.0697. The van der Waals surface area contributed by atoms with Gasteiger partial charge in [-0.15, -0.1) is 0 Å². The molecule has 4 rings (SSSR count). The van der Waals surface area contributed by atoms with Crippen molar-refractivity contribution in [3.8, 4) is 0 Å².